The minimum Gasteiger partial charge on any atom is -0.443 e. The number of carbonyl (C=O) groups excluding carboxylic acids is 1. The molecule has 7 heteroatoms. The second kappa shape index (κ2) is 10.5. The predicted molar refractivity (Wildman–Crippen MR) is 171 cm³/mol. The Labute approximate surface area is 245 Å². The molecule has 6 aromatic rings. The zero-order valence-electron chi connectivity index (χ0n) is 24.7. The van der Waals surface area contributed by atoms with E-state index in [1.807, 2.05) is 45.2 Å². The molecule has 3 N–H and O–H groups in total. The molecule has 0 aliphatic carbocycles. The predicted octanol–water partition coefficient (Wildman–Crippen LogP) is 7.92. The average Bonchev–Trinajstić information content (AvgIpc) is 3.30. The summed E-state index contributed by atoms with van der Waals surface area (Å²) < 4.78 is 7.24. The van der Waals surface area contributed by atoms with Crippen LogP contribution in [0.1, 0.15) is 48.6 Å². The number of nitrogens with zero attached hydrogens (tertiary/aromatic N) is 3. The van der Waals surface area contributed by atoms with Crippen molar-refractivity contribution in [3.63, 3.8) is 0 Å². The first kappa shape index (κ1) is 27.3. The molecule has 6 rings (SSSR count). The number of nitrogens with two attached hydrogens (primary N) is 1. The number of nitrogens with one attached hydrogen (secondary N) is 1. The molecule has 0 unspecified atom stereocenters. The van der Waals surface area contributed by atoms with Gasteiger partial charge in [0, 0.05) is 29.7 Å². The number of ether oxygens (including phenoxy) is 1. The van der Waals surface area contributed by atoms with E-state index in [4.69, 9.17) is 15.5 Å². The molecule has 0 saturated carbocycles. The second-order valence-electron chi connectivity index (χ2n) is 11.9. The van der Waals surface area contributed by atoms with Gasteiger partial charge in [-0.1, -0.05) is 42.5 Å². The van der Waals surface area contributed by atoms with Crippen LogP contribution in [-0.4, -0.2) is 26.2 Å². The van der Waals surface area contributed by atoms with E-state index in [-0.39, 0.29) is 0 Å². The van der Waals surface area contributed by atoms with Crippen LogP contribution >= 0.6 is 0 Å². The van der Waals surface area contributed by atoms with Crippen LogP contribution in [-0.2, 0) is 17.7 Å². The molecule has 0 radical (unpaired) electrons. The zero-order chi connectivity index (χ0) is 29.6. The molecule has 212 valence electrons. The van der Waals surface area contributed by atoms with E-state index in [1.54, 1.807) is 12.4 Å². The van der Waals surface area contributed by atoms with Crippen molar-refractivity contribution < 1.29 is 9.53 Å². The fraction of sp³-hybridized carbons (Fsp3) is 0.229. The smallest absolute Gasteiger partial charge is 0.420 e. The van der Waals surface area contributed by atoms with Gasteiger partial charge in [0.05, 0.1) is 11.9 Å². The summed E-state index contributed by atoms with van der Waals surface area (Å²) in [6, 6.07) is 21.0. The Bertz CT molecular complexity index is 1980. The Morgan fingerprint density at radius 1 is 0.952 bits per heavy atom. The van der Waals surface area contributed by atoms with Gasteiger partial charge in [-0.05, 0) is 103 Å². The van der Waals surface area contributed by atoms with Crippen molar-refractivity contribution in [2.75, 3.05) is 11.1 Å². The van der Waals surface area contributed by atoms with Gasteiger partial charge in [-0.15, -0.1) is 0 Å². The molecule has 3 heterocycles. The number of aromatic nitrogens is 3. The maximum atomic E-state index is 13.2. The molecule has 0 fully saturated rings. The summed E-state index contributed by atoms with van der Waals surface area (Å²) in [6.45, 7) is 10.4. The fourth-order valence-electron chi connectivity index (χ4n) is 5.62. The number of benzene rings is 3. The Hall–Kier alpha value is -4.91. The van der Waals surface area contributed by atoms with E-state index in [0.717, 1.165) is 38.5 Å². The highest BCUT2D eigenvalue weighted by Crippen LogP contribution is 2.30. The molecule has 0 aliphatic heterocycles. The molecular weight excluding hydrogens is 522 g/mol. The lowest BCUT2D eigenvalue weighted by molar-refractivity contribution is 0.0543. The third-order valence-electron chi connectivity index (χ3n) is 7.71. The first-order chi connectivity index (χ1) is 20.1. The first-order valence-electron chi connectivity index (χ1n) is 14.2. The number of fused-ring (bicyclic) bond motifs is 3. The number of hydrogen-bond acceptors (Lipinski definition) is 6. The Balaban J connectivity index is 1.36. The van der Waals surface area contributed by atoms with Gasteiger partial charge in [-0.25, -0.2) is 19.3 Å². The minimum absolute atomic E-state index is 0.443. The number of hydrogen-bond donors (Lipinski definition) is 2. The van der Waals surface area contributed by atoms with Crippen molar-refractivity contribution in [1.29, 1.82) is 0 Å². The molecule has 0 aliphatic rings. The minimum atomic E-state index is -0.621. The van der Waals surface area contributed by atoms with E-state index in [1.165, 1.54) is 26.5 Å². The van der Waals surface area contributed by atoms with Crippen LogP contribution in [0.25, 0.3) is 32.6 Å². The van der Waals surface area contributed by atoms with Gasteiger partial charge >= 0.3 is 6.09 Å². The monoisotopic (exact) mass is 557 g/mol. The first-order valence-corrected chi connectivity index (χ1v) is 14.2. The highest BCUT2D eigenvalue weighted by molar-refractivity contribution is 5.95. The van der Waals surface area contributed by atoms with E-state index in [9.17, 15) is 4.79 Å². The van der Waals surface area contributed by atoms with Crippen molar-refractivity contribution in [2.45, 2.75) is 53.2 Å². The molecule has 0 atom stereocenters. The quantitative estimate of drug-likeness (QED) is 0.224. The summed E-state index contributed by atoms with van der Waals surface area (Å²) in [4.78, 5) is 22.2. The van der Waals surface area contributed by atoms with Crippen LogP contribution < -0.4 is 11.1 Å². The molecule has 7 nitrogen and oxygen atoms in total. The molecule has 0 amide bonds. The molecule has 3 aromatic heterocycles. The SMILES string of the molecule is Cc1cc2c(N)nccc2c(C)c1CNc1cnc2c(c1)c(Cc1ccc3ccccc3c1)cn2C(=O)OC(C)(C)C. The van der Waals surface area contributed by atoms with Crippen molar-refractivity contribution in [3.8, 4) is 0 Å². The summed E-state index contributed by atoms with van der Waals surface area (Å²) in [5, 5.41) is 8.94. The maximum absolute atomic E-state index is 13.2. The average molecular weight is 558 g/mol. The van der Waals surface area contributed by atoms with Gasteiger partial charge in [-0.2, -0.15) is 0 Å². The molecule has 0 spiro atoms. The van der Waals surface area contributed by atoms with Crippen LogP contribution in [0.5, 0.6) is 0 Å². The van der Waals surface area contributed by atoms with Crippen LogP contribution in [0, 0.1) is 13.8 Å². The van der Waals surface area contributed by atoms with E-state index in [0.29, 0.717) is 24.4 Å². The summed E-state index contributed by atoms with van der Waals surface area (Å²) in [7, 11) is 0. The third-order valence-corrected chi connectivity index (χ3v) is 7.71. The van der Waals surface area contributed by atoms with Gasteiger partial charge < -0.3 is 15.8 Å². The van der Waals surface area contributed by atoms with Crippen LogP contribution in [0.3, 0.4) is 0 Å². The van der Waals surface area contributed by atoms with Gasteiger partial charge in [0.2, 0.25) is 0 Å². The lowest BCUT2D eigenvalue weighted by atomic mass is 9.96. The number of carbonyl (C=O) groups is 1. The van der Waals surface area contributed by atoms with Gasteiger partial charge in [0.25, 0.3) is 0 Å². The summed E-state index contributed by atoms with van der Waals surface area (Å²) in [5.74, 6) is 0.543. The van der Waals surface area contributed by atoms with E-state index < -0.39 is 11.7 Å². The third kappa shape index (κ3) is 5.26. The number of aryl methyl sites for hydroxylation is 2. The molecule has 0 bridgehead atoms. The van der Waals surface area contributed by atoms with Gasteiger partial charge in [0.15, 0.2) is 0 Å². The second-order valence-corrected chi connectivity index (χ2v) is 11.9. The van der Waals surface area contributed by atoms with E-state index in [2.05, 4.69) is 66.6 Å². The lowest BCUT2D eigenvalue weighted by Gasteiger charge is -2.19. The standard InChI is InChI=1S/C35H35N5O2/c1-21-14-30-28(12-13-37-32(30)36)22(2)31(21)19-38-27-17-29-26(16-23-10-11-24-8-6-7-9-25(24)15-23)20-40(33(29)39-18-27)34(41)42-35(3,4)5/h6-15,17-18,20,38H,16,19H2,1-5H3,(H2,36,37). The summed E-state index contributed by atoms with van der Waals surface area (Å²) in [6.07, 6.45) is 5.60. The maximum Gasteiger partial charge on any atom is 0.420 e. The van der Waals surface area contributed by atoms with Gasteiger partial charge in [0.1, 0.15) is 17.1 Å². The Morgan fingerprint density at radius 2 is 1.74 bits per heavy atom. The number of anilines is 2. The normalized spacial score (nSPS) is 11.8. The Morgan fingerprint density at radius 3 is 2.52 bits per heavy atom. The summed E-state index contributed by atoms with van der Waals surface area (Å²) in [5.41, 5.74) is 12.7. The number of rotatable bonds is 5. The van der Waals surface area contributed by atoms with Crippen LogP contribution in [0.15, 0.2) is 79.3 Å². The summed E-state index contributed by atoms with van der Waals surface area (Å²) >= 11 is 0. The highest BCUT2D eigenvalue weighted by Gasteiger charge is 2.22. The topological polar surface area (TPSA) is 95.1 Å². The van der Waals surface area contributed by atoms with Crippen molar-refractivity contribution >= 4 is 50.2 Å². The molecule has 42 heavy (non-hydrogen) atoms. The number of pyridine rings is 2. The number of nitrogen functional groups attached to an aromatic ring is 1. The van der Waals surface area contributed by atoms with E-state index >= 15 is 0 Å². The lowest BCUT2D eigenvalue weighted by Crippen LogP contribution is -2.26. The largest absolute Gasteiger partial charge is 0.443 e. The molecular formula is C35H35N5O2. The van der Waals surface area contributed by atoms with Crippen LogP contribution in [0.4, 0.5) is 16.3 Å². The fourth-order valence-corrected chi connectivity index (χ4v) is 5.62. The zero-order valence-corrected chi connectivity index (χ0v) is 24.7. The highest BCUT2D eigenvalue weighted by atomic mass is 16.6. The molecule has 3 aromatic carbocycles. The molecule has 0 saturated heterocycles. The van der Waals surface area contributed by atoms with Crippen molar-refractivity contribution in [2.24, 2.45) is 0 Å². The van der Waals surface area contributed by atoms with Gasteiger partial charge in [-0.3, -0.25) is 0 Å². The Kier molecular flexibility index (Phi) is 6.81. The van der Waals surface area contributed by atoms with Crippen LogP contribution in [0.2, 0.25) is 0 Å². The van der Waals surface area contributed by atoms with Crippen molar-refractivity contribution in [1.82, 2.24) is 14.5 Å². The van der Waals surface area contributed by atoms with Crippen molar-refractivity contribution in [3.05, 3.63) is 107 Å².